The van der Waals surface area contributed by atoms with Crippen LogP contribution in [0.1, 0.15) is 15.9 Å². The highest BCUT2D eigenvalue weighted by molar-refractivity contribution is 6.36. The molecule has 0 saturated carbocycles. The van der Waals surface area contributed by atoms with Gasteiger partial charge in [-0.15, -0.1) is 0 Å². The van der Waals surface area contributed by atoms with Gasteiger partial charge >= 0.3 is 0 Å². The van der Waals surface area contributed by atoms with Crippen molar-refractivity contribution >= 4 is 40.6 Å². The lowest BCUT2D eigenvalue weighted by atomic mass is 9.97. The van der Waals surface area contributed by atoms with Gasteiger partial charge in [-0.25, -0.2) is 0 Å². The lowest BCUT2D eigenvalue weighted by Gasteiger charge is -2.12. The van der Waals surface area contributed by atoms with Crippen LogP contribution in [0.15, 0.2) is 36.4 Å². The van der Waals surface area contributed by atoms with Gasteiger partial charge in [0.1, 0.15) is 5.75 Å². The highest BCUT2D eigenvalue weighted by Crippen LogP contribution is 2.26. The zero-order valence-corrected chi connectivity index (χ0v) is 15.0. The van der Waals surface area contributed by atoms with Crippen molar-refractivity contribution in [1.82, 2.24) is 0 Å². The minimum absolute atomic E-state index is 0.210. The number of nitrogens with zero attached hydrogens (tertiary/aromatic N) is 1. The van der Waals surface area contributed by atoms with Crippen LogP contribution < -0.4 is 10.1 Å². The third-order valence-corrected chi connectivity index (χ3v) is 4.08. The van der Waals surface area contributed by atoms with Crippen molar-refractivity contribution in [2.45, 2.75) is 6.92 Å². The average molecular weight is 377 g/mol. The van der Waals surface area contributed by atoms with Crippen molar-refractivity contribution in [2.75, 3.05) is 12.4 Å². The van der Waals surface area contributed by atoms with Gasteiger partial charge in [-0.1, -0.05) is 35.3 Å². The van der Waals surface area contributed by atoms with Crippen LogP contribution in [-0.2, 0) is 4.79 Å². The summed E-state index contributed by atoms with van der Waals surface area (Å²) in [5.74, 6) is -2.40. The normalized spacial score (nSPS) is 11.3. The van der Waals surface area contributed by atoms with Crippen molar-refractivity contribution < 1.29 is 14.3 Å². The first-order chi connectivity index (χ1) is 11.9. The summed E-state index contributed by atoms with van der Waals surface area (Å²) in [7, 11) is 1.48. The molecule has 7 heteroatoms. The number of carbonyl (C=O) groups is 2. The topological polar surface area (TPSA) is 79.2 Å². The Morgan fingerprint density at radius 2 is 1.92 bits per heavy atom. The number of ether oxygens (including phenoxy) is 1. The number of rotatable bonds is 5. The largest absolute Gasteiger partial charge is 0.496 e. The second kappa shape index (κ2) is 8.02. The summed E-state index contributed by atoms with van der Waals surface area (Å²) in [6.07, 6.45) is 0. The fourth-order valence-electron chi connectivity index (χ4n) is 2.17. The summed E-state index contributed by atoms with van der Waals surface area (Å²) >= 11 is 11.8. The molecule has 0 spiro atoms. The molecule has 5 nitrogen and oxygen atoms in total. The standard InChI is InChI=1S/C18H14Cl2N2O3/c1-10-3-4-11(7-16(10)25-2)17(23)13(9-21)18(24)22-15-6-5-12(19)8-14(15)20/h3-8,13H,1-2H3,(H,22,24). The summed E-state index contributed by atoms with van der Waals surface area (Å²) in [5, 5.41) is 12.4. The minimum Gasteiger partial charge on any atom is -0.496 e. The maximum absolute atomic E-state index is 12.5. The zero-order valence-electron chi connectivity index (χ0n) is 13.5. The number of hydrogen-bond donors (Lipinski definition) is 1. The smallest absolute Gasteiger partial charge is 0.249 e. The Morgan fingerprint density at radius 1 is 1.20 bits per heavy atom. The number of ketones is 1. The van der Waals surface area contributed by atoms with Gasteiger partial charge in [0.05, 0.1) is 23.9 Å². The molecule has 0 bridgehead atoms. The van der Waals surface area contributed by atoms with Crippen molar-refractivity contribution in [3.8, 4) is 11.8 Å². The highest BCUT2D eigenvalue weighted by atomic mass is 35.5. The molecule has 2 aromatic carbocycles. The SMILES string of the molecule is COc1cc(C(=O)C(C#N)C(=O)Nc2ccc(Cl)cc2Cl)ccc1C. The number of amides is 1. The van der Waals surface area contributed by atoms with E-state index >= 15 is 0 Å². The molecule has 1 N–H and O–H groups in total. The molecule has 0 heterocycles. The van der Waals surface area contributed by atoms with E-state index in [1.807, 2.05) is 6.92 Å². The highest BCUT2D eigenvalue weighted by Gasteiger charge is 2.28. The summed E-state index contributed by atoms with van der Waals surface area (Å²) in [6, 6.07) is 11.0. The third-order valence-electron chi connectivity index (χ3n) is 3.54. The number of carbonyl (C=O) groups excluding carboxylic acids is 2. The predicted molar refractivity (Wildman–Crippen MR) is 96.3 cm³/mol. The van der Waals surface area contributed by atoms with Gasteiger partial charge < -0.3 is 10.1 Å². The van der Waals surface area contributed by atoms with Crippen LogP contribution in [0.4, 0.5) is 5.69 Å². The Labute approximate surface area is 155 Å². The van der Waals surface area contributed by atoms with Crippen LogP contribution in [0.5, 0.6) is 5.75 Å². The van der Waals surface area contributed by atoms with Gasteiger partial charge in [-0.2, -0.15) is 5.26 Å². The molecule has 2 rings (SSSR count). The number of halogens is 2. The molecule has 0 aromatic heterocycles. The molecule has 25 heavy (non-hydrogen) atoms. The van der Waals surface area contributed by atoms with Gasteiger partial charge in [0.2, 0.25) is 5.91 Å². The second-order valence-corrected chi connectivity index (χ2v) is 6.07. The van der Waals surface area contributed by atoms with Crippen LogP contribution in [0, 0.1) is 24.2 Å². The van der Waals surface area contributed by atoms with Crippen LogP contribution in [0.2, 0.25) is 10.0 Å². The summed E-state index contributed by atoms with van der Waals surface area (Å²) in [6.45, 7) is 1.82. The molecular weight excluding hydrogens is 363 g/mol. The van der Waals surface area contributed by atoms with Gasteiger partial charge in [-0.3, -0.25) is 9.59 Å². The Bertz CT molecular complexity index is 875. The molecule has 1 atom stereocenters. The fraction of sp³-hybridized carbons (Fsp3) is 0.167. The molecule has 2 aromatic rings. The van der Waals surface area contributed by atoms with E-state index in [9.17, 15) is 14.9 Å². The second-order valence-electron chi connectivity index (χ2n) is 5.22. The number of nitriles is 1. The van der Waals surface area contributed by atoms with Crippen molar-refractivity contribution in [3.63, 3.8) is 0 Å². The van der Waals surface area contributed by atoms with Gasteiger partial charge in [0.15, 0.2) is 11.7 Å². The Hall–Kier alpha value is -2.55. The first kappa shape index (κ1) is 18.8. The molecule has 0 aliphatic carbocycles. The van der Waals surface area contributed by atoms with Crippen LogP contribution in [0.25, 0.3) is 0 Å². The average Bonchev–Trinajstić information content (AvgIpc) is 2.58. The number of Topliss-reactive ketones (excluding diaryl/α,β-unsaturated/α-hetero) is 1. The predicted octanol–water partition coefficient (Wildman–Crippen LogP) is 4.27. The number of benzene rings is 2. The van der Waals surface area contributed by atoms with E-state index in [4.69, 9.17) is 27.9 Å². The van der Waals surface area contributed by atoms with Gasteiger partial charge in [0.25, 0.3) is 0 Å². The lowest BCUT2D eigenvalue weighted by molar-refractivity contribution is -0.117. The Morgan fingerprint density at radius 3 is 2.52 bits per heavy atom. The molecular formula is C18H14Cl2N2O3. The minimum atomic E-state index is -1.51. The van der Waals surface area contributed by atoms with Crippen LogP contribution in [-0.4, -0.2) is 18.8 Å². The number of hydrogen-bond acceptors (Lipinski definition) is 4. The number of anilines is 1. The van der Waals surface area contributed by atoms with Crippen molar-refractivity contribution in [1.29, 1.82) is 5.26 Å². The van der Waals surface area contributed by atoms with E-state index in [-0.39, 0.29) is 16.3 Å². The third kappa shape index (κ3) is 4.30. The number of nitrogens with one attached hydrogen (secondary N) is 1. The maximum Gasteiger partial charge on any atom is 0.249 e. The fourth-order valence-corrected chi connectivity index (χ4v) is 2.63. The monoisotopic (exact) mass is 376 g/mol. The molecule has 0 fully saturated rings. The summed E-state index contributed by atoms with van der Waals surface area (Å²) in [4.78, 5) is 24.9. The first-order valence-corrected chi connectivity index (χ1v) is 7.97. The zero-order chi connectivity index (χ0) is 18.6. The van der Waals surface area contributed by atoms with E-state index in [2.05, 4.69) is 5.32 Å². The van der Waals surface area contributed by atoms with E-state index in [1.54, 1.807) is 18.2 Å². The van der Waals surface area contributed by atoms with Crippen LogP contribution in [0.3, 0.4) is 0 Å². The summed E-state index contributed by atoms with van der Waals surface area (Å²) in [5.41, 5.74) is 1.32. The van der Waals surface area contributed by atoms with E-state index in [0.29, 0.717) is 10.8 Å². The first-order valence-electron chi connectivity index (χ1n) is 7.21. The van der Waals surface area contributed by atoms with E-state index < -0.39 is 17.6 Å². The summed E-state index contributed by atoms with van der Waals surface area (Å²) < 4.78 is 5.17. The Balaban J connectivity index is 2.25. The molecule has 128 valence electrons. The van der Waals surface area contributed by atoms with Crippen molar-refractivity contribution in [3.05, 3.63) is 57.6 Å². The van der Waals surface area contributed by atoms with E-state index in [0.717, 1.165) is 5.56 Å². The van der Waals surface area contributed by atoms with Gasteiger partial charge in [0, 0.05) is 10.6 Å². The number of methoxy groups -OCH3 is 1. The molecule has 0 aliphatic rings. The molecule has 0 aliphatic heterocycles. The van der Waals surface area contributed by atoms with Crippen LogP contribution >= 0.6 is 23.2 Å². The van der Waals surface area contributed by atoms with Gasteiger partial charge in [-0.05, 0) is 36.8 Å². The molecule has 1 unspecified atom stereocenters. The Kier molecular flexibility index (Phi) is 6.02. The van der Waals surface area contributed by atoms with E-state index in [1.165, 1.54) is 31.4 Å². The molecule has 1 amide bonds. The van der Waals surface area contributed by atoms with Crippen molar-refractivity contribution in [2.24, 2.45) is 5.92 Å². The molecule has 0 saturated heterocycles. The lowest BCUT2D eigenvalue weighted by Crippen LogP contribution is -2.28. The quantitative estimate of drug-likeness (QED) is 0.623. The number of aryl methyl sites for hydroxylation is 1. The maximum atomic E-state index is 12.5. The molecule has 0 radical (unpaired) electrons.